The fraction of sp³-hybridized carbons (Fsp3) is 0.545. The maximum atomic E-state index is 2.68. The smallest absolute Gasteiger partial charge is 0.181 e. The van der Waals surface area contributed by atoms with Gasteiger partial charge in [-0.3, -0.25) is 0 Å². The number of hydrogen-bond acceptors (Lipinski definition) is 2. The first-order valence-electron chi connectivity index (χ1n) is 10.3. The molecule has 0 atom stereocenters. The molecule has 0 radical (unpaired) electrons. The fourth-order valence-electron chi connectivity index (χ4n) is 5.35. The molecule has 4 heterocycles. The second-order valence-corrected chi connectivity index (χ2v) is 10.3. The van der Waals surface area contributed by atoms with Gasteiger partial charge in [-0.25, -0.2) is 0 Å². The Labute approximate surface area is 164 Å². The van der Waals surface area contributed by atoms with Crippen LogP contribution >= 0.6 is 23.5 Å². The van der Waals surface area contributed by atoms with E-state index in [1.165, 1.54) is 87.3 Å². The maximum Gasteiger partial charge on any atom is 0.278 e. The molecule has 4 aliphatic rings. The number of aromatic nitrogens is 2. The molecule has 0 unspecified atom stereocenters. The zero-order valence-corrected chi connectivity index (χ0v) is 17.0. The van der Waals surface area contributed by atoms with E-state index in [0.29, 0.717) is 0 Å². The molecule has 0 spiro atoms. The van der Waals surface area contributed by atoms with Gasteiger partial charge in [0.05, 0.1) is 0 Å². The maximum absolute atomic E-state index is 2.68. The van der Waals surface area contributed by atoms with E-state index in [1.807, 2.05) is 0 Å². The van der Waals surface area contributed by atoms with Crippen LogP contribution in [0.15, 0.2) is 22.2 Å². The Morgan fingerprint density at radius 1 is 0.615 bits per heavy atom. The van der Waals surface area contributed by atoms with Gasteiger partial charge < -0.3 is 0 Å². The molecular weight excluding hydrogens is 356 g/mol. The second kappa shape index (κ2) is 6.27. The minimum Gasteiger partial charge on any atom is -0.181 e. The van der Waals surface area contributed by atoms with Crippen LogP contribution in [-0.2, 0) is 38.8 Å². The van der Waals surface area contributed by atoms with Gasteiger partial charge in [-0.05, 0) is 49.7 Å². The molecule has 0 amide bonds. The van der Waals surface area contributed by atoms with E-state index in [2.05, 4.69) is 44.8 Å². The van der Waals surface area contributed by atoms with E-state index in [0.717, 1.165) is 0 Å². The van der Waals surface area contributed by atoms with E-state index in [1.54, 1.807) is 32.3 Å². The lowest BCUT2D eigenvalue weighted by atomic mass is 10.1. The Kier molecular flexibility index (Phi) is 3.86. The number of fused-ring (bicyclic) bond motifs is 6. The van der Waals surface area contributed by atoms with Gasteiger partial charge in [0.1, 0.15) is 0 Å². The topological polar surface area (TPSA) is 7.76 Å². The predicted molar refractivity (Wildman–Crippen MR) is 107 cm³/mol. The van der Waals surface area contributed by atoms with Crippen molar-refractivity contribution in [2.24, 2.45) is 0 Å². The molecule has 4 heteroatoms. The Hall–Kier alpha value is -1.000. The van der Waals surface area contributed by atoms with Crippen molar-refractivity contribution < 1.29 is 9.13 Å². The van der Waals surface area contributed by atoms with Crippen LogP contribution in [0, 0.1) is 0 Å². The summed E-state index contributed by atoms with van der Waals surface area (Å²) in [6.07, 6.45) is 10.5. The number of nitrogens with zero attached hydrogens (tertiary/aromatic N) is 2. The standard InChI is InChI=1S/C22H26N2S2/c1-5-15-13-19(23-9-3-11-25-21(23)17(15)7-1)20-14-16-6-2-8-18(16)22-24(20)10-4-12-26-22/h13-14H,1-12H2/q+2. The Morgan fingerprint density at radius 3 is 1.62 bits per heavy atom. The van der Waals surface area contributed by atoms with Crippen molar-refractivity contribution in [1.29, 1.82) is 0 Å². The van der Waals surface area contributed by atoms with E-state index in [-0.39, 0.29) is 0 Å². The summed E-state index contributed by atoms with van der Waals surface area (Å²) in [5, 5.41) is 3.19. The van der Waals surface area contributed by atoms with Gasteiger partial charge in [0.15, 0.2) is 13.1 Å². The summed E-state index contributed by atoms with van der Waals surface area (Å²) in [5.41, 5.74) is 9.64. The van der Waals surface area contributed by atoms with Gasteiger partial charge in [0.25, 0.3) is 11.4 Å². The molecule has 0 saturated heterocycles. The van der Waals surface area contributed by atoms with Crippen molar-refractivity contribution in [2.45, 2.75) is 74.5 Å². The Morgan fingerprint density at radius 2 is 1.12 bits per heavy atom. The van der Waals surface area contributed by atoms with Crippen LogP contribution in [0.25, 0.3) is 11.4 Å². The van der Waals surface area contributed by atoms with Crippen LogP contribution in [0.2, 0.25) is 0 Å². The zero-order chi connectivity index (χ0) is 17.1. The summed E-state index contributed by atoms with van der Waals surface area (Å²) in [5.74, 6) is 2.59. The number of hydrogen-bond donors (Lipinski definition) is 0. The van der Waals surface area contributed by atoms with Crippen LogP contribution in [0.4, 0.5) is 0 Å². The van der Waals surface area contributed by atoms with Crippen molar-refractivity contribution in [1.82, 2.24) is 0 Å². The molecule has 26 heavy (non-hydrogen) atoms. The van der Waals surface area contributed by atoms with Crippen LogP contribution < -0.4 is 9.13 Å². The first kappa shape index (κ1) is 16.0. The molecule has 2 aliphatic heterocycles. The lowest BCUT2D eigenvalue weighted by Gasteiger charge is -2.19. The molecular formula is C22H26N2S2+2. The third-order valence-corrected chi connectivity index (χ3v) is 8.99. The third-order valence-electron chi connectivity index (χ3n) is 6.52. The number of rotatable bonds is 1. The zero-order valence-electron chi connectivity index (χ0n) is 15.4. The quantitative estimate of drug-likeness (QED) is 0.691. The van der Waals surface area contributed by atoms with E-state index >= 15 is 0 Å². The first-order chi connectivity index (χ1) is 12.9. The molecule has 0 bridgehead atoms. The SMILES string of the molecule is c1c2c(c3[n+](c1-c1cc4c(c5[n+]1CCCS5)CCC4)CCCS3)CCC2. The summed E-state index contributed by atoms with van der Waals surface area (Å²) in [6, 6.07) is 5.14. The van der Waals surface area contributed by atoms with Crippen molar-refractivity contribution in [3.8, 4) is 11.4 Å². The predicted octanol–water partition coefficient (Wildman–Crippen LogP) is 3.90. The van der Waals surface area contributed by atoms with Gasteiger partial charge in [0, 0.05) is 47.6 Å². The molecule has 2 aliphatic carbocycles. The Balaban J connectivity index is 1.63. The molecule has 2 aromatic heterocycles. The number of pyridine rings is 2. The minimum absolute atomic E-state index is 1.20. The van der Waals surface area contributed by atoms with Crippen LogP contribution in [-0.4, -0.2) is 11.5 Å². The average Bonchev–Trinajstić information content (AvgIpc) is 3.36. The van der Waals surface area contributed by atoms with Gasteiger partial charge in [-0.1, -0.05) is 23.5 Å². The van der Waals surface area contributed by atoms with Crippen molar-refractivity contribution in [2.75, 3.05) is 11.5 Å². The van der Waals surface area contributed by atoms with Crippen molar-refractivity contribution >= 4 is 23.5 Å². The van der Waals surface area contributed by atoms with Crippen LogP contribution in [0.1, 0.15) is 47.9 Å². The lowest BCUT2D eigenvalue weighted by Crippen LogP contribution is -2.48. The third kappa shape index (κ3) is 2.34. The molecule has 0 N–H and O–H groups in total. The molecule has 2 aromatic rings. The summed E-state index contributed by atoms with van der Waals surface area (Å²) in [4.78, 5) is 0. The lowest BCUT2D eigenvalue weighted by molar-refractivity contribution is -0.752. The van der Waals surface area contributed by atoms with Crippen LogP contribution in [0.5, 0.6) is 0 Å². The fourth-order valence-corrected chi connectivity index (χ4v) is 7.79. The first-order valence-corrected chi connectivity index (χ1v) is 12.3. The van der Waals surface area contributed by atoms with Gasteiger partial charge in [0.2, 0.25) is 10.1 Å². The number of thioether (sulfide) groups is 2. The van der Waals surface area contributed by atoms with Gasteiger partial charge >= 0.3 is 0 Å². The largest absolute Gasteiger partial charge is 0.278 e. The molecule has 0 fully saturated rings. The summed E-state index contributed by atoms with van der Waals surface area (Å²) in [7, 11) is 0. The summed E-state index contributed by atoms with van der Waals surface area (Å²) < 4.78 is 5.36. The molecule has 6 rings (SSSR count). The van der Waals surface area contributed by atoms with Crippen LogP contribution in [0.3, 0.4) is 0 Å². The highest BCUT2D eigenvalue weighted by atomic mass is 32.2. The van der Waals surface area contributed by atoms with E-state index in [4.69, 9.17) is 0 Å². The summed E-state index contributed by atoms with van der Waals surface area (Å²) >= 11 is 4.23. The van der Waals surface area contributed by atoms with E-state index < -0.39 is 0 Å². The number of aryl methyl sites for hydroxylation is 2. The normalized spacial score (nSPS) is 20.5. The molecule has 134 valence electrons. The molecule has 0 saturated carbocycles. The highest BCUT2D eigenvalue weighted by Gasteiger charge is 2.38. The van der Waals surface area contributed by atoms with Crippen molar-refractivity contribution in [3.63, 3.8) is 0 Å². The highest BCUT2D eigenvalue weighted by molar-refractivity contribution is 7.99. The monoisotopic (exact) mass is 382 g/mol. The van der Waals surface area contributed by atoms with Crippen molar-refractivity contribution in [3.05, 3.63) is 34.4 Å². The van der Waals surface area contributed by atoms with Gasteiger partial charge in [-0.2, -0.15) is 9.13 Å². The van der Waals surface area contributed by atoms with E-state index in [9.17, 15) is 0 Å². The Bertz CT molecular complexity index is 844. The second-order valence-electron chi connectivity index (χ2n) is 8.09. The average molecular weight is 383 g/mol. The minimum atomic E-state index is 1.20. The van der Waals surface area contributed by atoms with Gasteiger partial charge in [-0.15, -0.1) is 0 Å². The molecule has 0 aromatic carbocycles. The highest BCUT2D eigenvalue weighted by Crippen LogP contribution is 2.37. The molecule has 2 nitrogen and oxygen atoms in total. The summed E-state index contributed by atoms with van der Waals surface area (Å²) in [6.45, 7) is 2.40.